The lowest BCUT2D eigenvalue weighted by molar-refractivity contribution is 0.0952. The molecular formula is C23H21ClN4O. The van der Waals surface area contributed by atoms with E-state index >= 15 is 0 Å². The van der Waals surface area contributed by atoms with E-state index < -0.39 is 0 Å². The molecule has 4 rings (SSSR count). The number of aromatic nitrogens is 3. The number of carbonyl (C=O) groups is 1. The fourth-order valence-electron chi connectivity index (χ4n) is 3.45. The molecule has 0 aliphatic heterocycles. The molecule has 0 unspecified atom stereocenters. The minimum Gasteiger partial charge on any atom is -0.348 e. The predicted molar refractivity (Wildman–Crippen MR) is 114 cm³/mol. The number of halogens is 1. The normalized spacial score (nSPS) is 11.0. The Hall–Kier alpha value is -3.18. The third-order valence-electron chi connectivity index (χ3n) is 5.02. The standard InChI is InChI=1S/C23H21ClN4O/c1-15-20(12-18-9-6-10-19(24)11-18)16(2)28-22(27-15)21(14-26-28)23(29)25-13-17-7-4-3-5-8-17/h3-11,14H,12-13H2,1-2H3,(H,25,29). The zero-order chi connectivity index (χ0) is 20.4. The van der Waals surface area contributed by atoms with E-state index in [1.807, 2.05) is 68.4 Å². The van der Waals surface area contributed by atoms with Crippen molar-refractivity contribution in [2.75, 3.05) is 0 Å². The van der Waals surface area contributed by atoms with Crippen molar-refractivity contribution in [2.45, 2.75) is 26.8 Å². The van der Waals surface area contributed by atoms with Gasteiger partial charge in [-0.3, -0.25) is 4.79 Å². The van der Waals surface area contributed by atoms with Crippen LogP contribution in [0.4, 0.5) is 0 Å². The third-order valence-corrected chi connectivity index (χ3v) is 5.25. The van der Waals surface area contributed by atoms with E-state index in [0.29, 0.717) is 29.2 Å². The molecule has 0 aliphatic carbocycles. The van der Waals surface area contributed by atoms with E-state index in [4.69, 9.17) is 16.6 Å². The molecule has 2 heterocycles. The fourth-order valence-corrected chi connectivity index (χ4v) is 3.66. The van der Waals surface area contributed by atoms with Crippen LogP contribution in [0.15, 0.2) is 60.8 Å². The van der Waals surface area contributed by atoms with Crippen LogP contribution < -0.4 is 5.32 Å². The molecule has 2 aromatic carbocycles. The van der Waals surface area contributed by atoms with Gasteiger partial charge in [-0.25, -0.2) is 9.50 Å². The number of nitrogens with zero attached hydrogens (tertiary/aromatic N) is 3. The largest absolute Gasteiger partial charge is 0.348 e. The van der Waals surface area contributed by atoms with E-state index in [2.05, 4.69) is 10.4 Å². The van der Waals surface area contributed by atoms with Gasteiger partial charge in [-0.05, 0) is 42.7 Å². The first-order chi connectivity index (χ1) is 14.0. The van der Waals surface area contributed by atoms with Crippen LogP contribution in [-0.2, 0) is 13.0 Å². The summed E-state index contributed by atoms with van der Waals surface area (Å²) in [6.45, 7) is 4.42. The van der Waals surface area contributed by atoms with Crippen LogP contribution in [0.5, 0.6) is 0 Å². The smallest absolute Gasteiger partial charge is 0.257 e. The first-order valence-corrected chi connectivity index (χ1v) is 9.81. The first kappa shape index (κ1) is 19.2. The average molecular weight is 405 g/mol. The highest BCUT2D eigenvalue weighted by Gasteiger charge is 2.18. The quantitative estimate of drug-likeness (QED) is 0.532. The fraction of sp³-hybridized carbons (Fsp3) is 0.174. The Kier molecular flexibility index (Phi) is 5.32. The second-order valence-corrected chi connectivity index (χ2v) is 7.47. The lowest BCUT2D eigenvalue weighted by Gasteiger charge is -2.12. The maximum Gasteiger partial charge on any atom is 0.257 e. The van der Waals surface area contributed by atoms with Crippen molar-refractivity contribution in [2.24, 2.45) is 0 Å². The molecule has 0 spiro atoms. The van der Waals surface area contributed by atoms with Crippen molar-refractivity contribution in [3.8, 4) is 0 Å². The summed E-state index contributed by atoms with van der Waals surface area (Å²) >= 11 is 6.12. The number of hydrogen-bond acceptors (Lipinski definition) is 3. The molecule has 0 atom stereocenters. The van der Waals surface area contributed by atoms with Crippen molar-refractivity contribution in [1.82, 2.24) is 19.9 Å². The monoisotopic (exact) mass is 404 g/mol. The molecule has 1 amide bonds. The molecule has 0 radical (unpaired) electrons. The van der Waals surface area contributed by atoms with E-state index in [1.165, 1.54) is 0 Å². The van der Waals surface area contributed by atoms with Crippen LogP contribution in [0.3, 0.4) is 0 Å². The summed E-state index contributed by atoms with van der Waals surface area (Å²) in [7, 11) is 0. The molecule has 0 saturated heterocycles. The number of hydrogen-bond donors (Lipinski definition) is 1. The lowest BCUT2D eigenvalue weighted by Crippen LogP contribution is -2.23. The van der Waals surface area contributed by atoms with E-state index in [0.717, 1.165) is 28.1 Å². The van der Waals surface area contributed by atoms with Crippen LogP contribution >= 0.6 is 11.6 Å². The summed E-state index contributed by atoms with van der Waals surface area (Å²) in [4.78, 5) is 17.4. The van der Waals surface area contributed by atoms with Crippen molar-refractivity contribution in [3.63, 3.8) is 0 Å². The molecule has 1 N–H and O–H groups in total. The van der Waals surface area contributed by atoms with Gasteiger partial charge in [0.1, 0.15) is 5.56 Å². The maximum absolute atomic E-state index is 12.7. The highest BCUT2D eigenvalue weighted by Crippen LogP contribution is 2.21. The number of nitrogens with one attached hydrogen (secondary N) is 1. The Bertz CT molecular complexity index is 1180. The second kappa shape index (κ2) is 8.05. The molecule has 0 aliphatic rings. The molecule has 0 saturated carbocycles. The summed E-state index contributed by atoms with van der Waals surface area (Å²) in [5.41, 5.74) is 6.13. The number of fused-ring (bicyclic) bond motifs is 1. The van der Waals surface area contributed by atoms with Gasteiger partial charge in [-0.15, -0.1) is 0 Å². The Labute approximate surface area is 174 Å². The molecule has 5 nitrogen and oxygen atoms in total. The van der Waals surface area contributed by atoms with Gasteiger partial charge in [-0.1, -0.05) is 54.1 Å². The Morgan fingerprint density at radius 1 is 1.07 bits per heavy atom. The molecule has 0 fully saturated rings. The summed E-state index contributed by atoms with van der Waals surface area (Å²) in [5, 5.41) is 8.08. The van der Waals surface area contributed by atoms with Crippen LogP contribution in [0, 0.1) is 13.8 Å². The molecular weight excluding hydrogens is 384 g/mol. The van der Waals surface area contributed by atoms with Gasteiger partial charge in [0.15, 0.2) is 5.65 Å². The van der Waals surface area contributed by atoms with Crippen LogP contribution in [0.2, 0.25) is 5.02 Å². The Morgan fingerprint density at radius 2 is 1.83 bits per heavy atom. The topological polar surface area (TPSA) is 59.3 Å². The number of benzene rings is 2. The zero-order valence-electron chi connectivity index (χ0n) is 16.3. The minimum absolute atomic E-state index is 0.183. The van der Waals surface area contributed by atoms with Gasteiger partial charge in [0.2, 0.25) is 0 Å². The molecule has 146 valence electrons. The van der Waals surface area contributed by atoms with Crippen molar-refractivity contribution >= 4 is 23.2 Å². The van der Waals surface area contributed by atoms with Crippen molar-refractivity contribution in [3.05, 3.63) is 99.5 Å². The summed E-state index contributed by atoms with van der Waals surface area (Å²) in [6, 6.07) is 17.6. The van der Waals surface area contributed by atoms with E-state index in [9.17, 15) is 4.79 Å². The highest BCUT2D eigenvalue weighted by molar-refractivity contribution is 6.30. The molecule has 0 bridgehead atoms. The predicted octanol–water partition coefficient (Wildman–Crippen LogP) is 4.52. The Balaban J connectivity index is 1.62. The maximum atomic E-state index is 12.7. The third kappa shape index (κ3) is 4.00. The average Bonchev–Trinajstić information content (AvgIpc) is 3.14. The SMILES string of the molecule is Cc1nc2c(C(=O)NCc3ccccc3)cnn2c(C)c1Cc1cccc(Cl)c1. The molecule has 2 aromatic heterocycles. The number of aryl methyl sites for hydroxylation is 2. The van der Waals surface area contributed by atoms with Crippen molar-refractivity contribution in [1.29, 1.82) is 0 Å². The number of carbonyl (C=O) groups excluding carboxylic acids is 1. The van der Waals surface area contributed by atoms with Gasteiger partial charge in [0, 0.05) is 29.4 Å². The van der Waals surface area contributed by atoms with Crippen molar-refractivity contribution < 1.29 is 4.79 Å². The van der Waals surface area contributed by atoms with E-state index in [1.54, 1.807) is 10.7 Å². The zero-order valence-corrected chi connectivity index (χ0v) is 17.1. The Morgan fingerprint density at radius 3 is 2.59 bits per heavy atom. The van der Waals surface area contributed by atoms with Gasteiger partial charge in [0.25, 0.3) is 5.91 Å². The van der Waals surface area contributed by atoms with E-state index in [-0.39, 0.29) is 5.91 Å². The molecule has 4 aromatic rings. The van der Waals surface area contributed by atoms with Gasteiger partial charge >= 0.3 is 0 Å². The van der Waals surface area contributed by atoms with Crippen LogP contribution in [0.25, 0.3) is 5.65 Å². The van der Waals surface area contributed by atoms with Crippen LogP contribution in [-0.4, -0.2) is 20.5 Å². The number of rotatable bonds is 5. The summed E-state index contributed by atoms with van der Waals surface area (Å²) < 4.78 is 1.74. The second-order valence-electron chi connectivity index (χ2n) is 7.03. The molecule has 29 heavy (non-hydrogen) atoms. The first-order valence-electron chi connectivity index (χ1n) is 9.43. The van der Waals surface area contributed by atoms with Gasteiger partial charge in [-0.2, -0.15) is 5.10 Å². The molecule has 6 heteroatoms. The minimum atomic E-state index is -0.183. The van der Waals surface area contributed by atoms with Gasteiger partial charge < -0.3 is 5.32 Å². The summed E-state index contributed by atoms with van der Waals surface area (Å²) in [6.07, 6.45) is 2.29. The lowest BCUT2D eigenvalue weighted by atomic mass is 10.0. The summed E-state index contributed by atoms with van der Waals surface area (Å²) in [5.74, 6) is -0.183. The van der Waals surface area contributed by atoms with Gasteiger partial charge in [0.05, 0.1) is 6.20 Å². The highest BCUT2D eigenvalue weighted by atomic mass is 35.5. The number of amides is 1. The van der Waals surface area contributed by atoms with Crippen LogP contribution in [0.1, 0.15) is 38.4 Å².